The van der Waals surface area contributed by atoms with Crippen molar-refractivity contribution < 1.29 is 14.3 Å². The topological polar surface area (TPSA) is 107 Å². The van der Waals surface area contributed by atoms with Crippen molar-refractivity contribution >= 4 is 17.7 Å². The van der Waals surface area contributed by atoms with Gasteiger partial charge in [-0.15, -0.1) is 0 Å². The molecule has 3 fully saturated rings. The molecule has 1 saturated carbocycles. The van der Waals surface area contributed by atoms with Crippen LogP contribution >= 0.6 is 0 Å². The van der Waals surface area contributed by atoms with Crippen LogP contribution in [0.1, 0.15) is 18.2 Å². The zero-order valence-electron chi connectivity index (χ0n) is 17.7. The average Bonchev–Trinajstić information content (AvgIpc) is 3.20. The third-order valence-corrected chi connectivity index (χ3v) is 7.51. The van der Waals surface area contributed by atoms with Crippen LogP contribution in [0.4, 0.5) is 10.5 Å². The molecular weight excluding hydrogens is 406 g/mol. The van der Waals surface area contributed by atoms with Gasteiger partial charge in [0.25, 0.3) is 0 Å². The number of carbonyl (C=O) groups is 2. The Hall–Kier alpha value is -3.44. The molecule has 4 heterocycles. The summed E-state index contributed by atoms with van der Waals surface area (Å²) in [4.78, 5) is 30.1. The molecule has 1 aromatic carbocycles. The average molecular weight is 429 g/mol. The number of nitrogens with zero attached hydrogens (tertiary/aromatic N) is 3. The van der Waals surface area contributed by atoms with Crippen LogP contribution in [0, 0.1) is 23.2 Å². The molecule has 2 amide bonds. The first-order chi connectivity index (χ1) is 15.5. The molecule has 8 heteroatoms. The summed E-state index contributed by atoms with van der Waals surface area (Å²) >= 11 is 0. The first-order valence-corrected chi connectivity index (χ1v) is 11.0. The Labute approximate surface area is 185 Å². The van der Waals surface area contributed by atoms with E-state index in [1.807, 2.05) is 30.5 Å². The Bertz CT molecular complexity index is 1160. The fraction of sp³-hybridized carbons (Fsp3) is 0.417. The van der Waals surface area contributed by atoms with Gasteiger partial charge in [-0.2, -0.15) is 5.26 Å². The van der Waals surface area contributed by atoms with Crippen LogP contribution < -0.4 is 15.5 Å². The summed E-state index contributed by atoms with van der Waals surface area (Å²) in [5.41, 5.74) is 4.39. The monoisotopic (exact) mass is 429 g/mol. The minimum Gasteiger partial charge on any atom is -0.442 e. The number of cyclic esters (lactones) is 1. The quantitative estimate of drug-likeness (QED) is 0.767. The van der Waals surface area contributed by atoms with Crippen LogP contribution in [0.2, 0.25) is 0 Å². The van der Waals surface area contributed by atoms with E-state index in [1.165, 1.54) is 6.92 Å². The number of nitriles is 1. The van der Waals surface area contributed by atoms with E-state index in [-0.39, 0.29) is 24.1 Å². The highest BCUT2D eigenvalue weighted by atomic mass is 16.6. The van der Waals surface area contributed by atoms with E-state index in [1.54, 1.807) is 4.90 Å². The van der Waals surface area contributed by atoms with E-state index < -0.39 is 5.41 Å². The fourth-order valence-electron chi connectivity index (χ4n) is 5.83. The Balaban J connectivity index is 1.24. The van der Waals surface area contributed by atoms with Crippen molar-refractivity contribution in [3.63, 3.8) is 0 Å². The summed E-state index contributed by atoms with van der Waals surface area (Å²) in [6.07, 6.45) is 1.80. The molecule has 162 valence electrons. The van der Waals surface area contributed by atoms with Crippen LogP contribution in [0.5, 0.6) is 0 Å². The summed E-state index contributed by atoms with van der Waals surface area (Å²) in [6, 6.07) is 12.5. The van der Waals surface area contributed by atoms with Crippen LogP contribution in [0.25, 0.3) is 11.1 Å². The van der Waals surface area contributed by atoms with Crippen molar-refractivity contribution in [2.75, 3.05) is 24.5 Å². The summed E-state index contributed by atoms with van der Waals surface area (Å²) in [7, 11) is 0. The van der Waals surface area contributed by atoms with E-state index in [0.717, 1.165) is 41.2 Å². The molecule has 1 unspecified atom stereocenters. The molecule has 1 aliphatic carbocycles. The molecule has 8 nitrogen and oxygen atoms in total. The lowest BCUT2D eigenvalue weighted by atomic mass is 9.95. The molecule has 4 aliphatic rings. The maximum absolute atomic E-state index is 12.4. The molecule has 2 saturated heterocycles. The van der Waals surface area contributed by atoms with Gasteiger partial charge in [-0.1, -0.05) is 12.1 Å². The Morgan fingerprint density at radius 1 is 1.31 bits per heavy atom. The summed E-state index contributed by atoms with van der Waals surface area (Å²) in [6.45, 7) is 3.53. The van der Waals surface area contributed by atoms with Crippen molar-refractivity contribution in [1.29, 1.82) is 5.26 Å². The van der Waals surface area contributed by atoms with Crippen molar-refractivity contribution in [2.45, 2.75) is 30.9 Å². The number of pyridine rings is 1. The zero-order chi connectivity index (χ0) is 22.0. The number of hydrogen-bond acceptors (Lipinski definition) is 6. The molecule has 1 aromatic heterocycles. The number of hydrogen-bond donors (Lipinski definition) is 2. The lowest BCUT2D eigenvalue weighted by molar-refractivity contribution is -0.119. The number of nitrogens with one attached hydrogen (secondary N) is 2. The molecular formula is C24H23N5O3. The van der Waals surface area contributed by atoms with E-state index in [9.17, 15) is 14.9 Å². The second-order valence-electron chi connectivity index (χ2n) is 9.13. The van der Waals surface area contributed by atoms with Crippen LogP contribution in [-0.2, 0) is 21.4 Å². The van der Waals surface area contributed by atoms with Crippen molar-refractivity contribution in [1.82, 2.24) is 15.6 Å². The highest BCUT2D eigenvalue weighted by Gasteiger charge is 2.69. The SMILES string of the molecule is CC(=O)NC[C@@H]1OC(=O)N2c3ccc(-c4ccc(C5(C#N)[C@@H]6CNC[C@@H]65)nc4)cc3C[C@@H]12. The lowest BCUT2D eigenvalue weighted by Gasteiger charge is -2.16. The molecule has 2 aromatic rings. The van der Waals surface area contributed by atoms with Gasteiger partial charge in [0.05, 0.1) is 30.0 Å². The molecule has 6 rings (SSSR count). The number of benzene rings is 1. The van der Waals surface area contributed by atoms with E-state index >= 15 is 0 Å². The van der Waals surface area contributed by atoms with Crippen LogP contribution in [-0.4, -0.2) is 48.8 Å². The molecule has 5 atom stereocenters. The van der Waals surface area contributed by atoms with Gasteiger partial charge in [0, 0.05) is 43.6 Å². The first kappa shape index (κ1) is 19.3. The number of aromatic nitrogens is 1. The van der Waals surface area contributed by atoms with Crippen LogP contribution in [0.3, 0.4) is 0 Å². The maximum Gasteiger partial charge on any atom is 0.415 e. The summed E-state index contributed by atoms with van der Waals surface area (Å²) in [5, 5.41) is 15.9. The number of fused-ring (bicyclic) bond motifs is 4. The van der Waals surface area contributed by atoms with Gasteiger partial charge >= 0.3 is 6.09 Å². The number of anilines is 1. The van der Waals surface area contributed by atoms with E-state index in [2.05, 4.69) is 27.8 Å². The normalized spacial score (nSPS) is 31.4. The Morgan fingerprint density at radius 2 is 2.09 bits per heavy atom. The predicted octanol–water partition coefficient (Wildman–Crippen LogP) is 1.75. The second-order valence-corrected chi connectivity index (χ2v) is 9.13. The largest absolute Gasteiger partial charge is 0.442 e. The van der Waals surface area contributed by atoms with Gasteiger partial charge < -0.3 is 15.4 Å². The number of amides is 2. The molecule has 2 N–H and O–H groups in total. The van der Waals surface area contributed by atoms with Crippen molar-refractivity contribution in [2.24, 2.45) is 11.8 Å². The number of ether oxygens (including phenoxy) is 1. The van der Waals surface area contributed by atoms with E-state index in [4.69, 9.17) is 4.74 Å². The van der Waals surface area contributed by atoms with Gasteiger partial charge in [0.2, 0.25) is 5.91 Å². The number of carbonyl (C=O) groups excluding carboxylic acids is 2. The molecule has 3 aliphatic heterocycles. The van der Waals surface area contributed by atoms with Gasteiger partial charge in [-0.25, -0.2) is 4.79 Å². The summed E-state index contributed by atoms with van der Waals surface area (Å²) < 4.78 is 5.47. The second kappa shape index (κ2) is 6.78. The Morgan fingerprint density at radius 3 is 2.78 bits per heavy atom. The van der Waals surface area contributed by atoms with Gasteiger partial charge in [-0.3, -0.25) is 14.7 Å². The summed E-state index contributed by atoms with van der Waals surface area (Å²) in [5.74, 6) is 0.589. The fourth-order valence-corrected chi connectivity index (χ4v) is 5.83. The van der Waals surface area contributed by atoms with E-state index in [0.29, 0.717) is 24.8 Å². The lowest BCUT2D eigenvalue weighted by Crippen LogP contribution is -2.40. The minimum atomic E-state index is -0.435. The minimum absolute atomic E-state index is 0.113. The van der Waals surface area contributed by atoms with Gasteiger partial charge in [0.15, 0.2) is 0 Å². The van der Waals surface area contributed by atoms with Gasteiger partial charge in [0.1, 0.15) is 11.5 Å². The third kappa shape index (κ3) is 2.61. The molecule has 0 bridgehead atoms. The zero-order valence-corrected chi connectivity index (χ0v) is 17.7. The van der Waals surface area contributed by atoms with Crippen molar-refractivity contribution in [3.8, 4) is 17.2 Å². The predicted molar refractivity (Wildman–Crippen MR) is 116 cm³/mol. The highest BCUT2D eigenvalue weighted by Crippen LogP contribution is 2.60. The number of rotatable bonds is 4. The molecule has 0 radical (unpaired) electrons. The highest BCUT2D eigenvalue weighted by molar-refractivity contribution is 5.94. The van der Waals surface area contributed by atoms with Crippen molar-refractivity contribution in [3.05, 3.63) is 47.8 Å². The molecule has 0 spiro atoms. The Kier molecular flexibility index (Phi) is 4.08. The standard InChI is InChI=1S/C24H23N5O3/c1-13(30)27-11-21-20-7-16-6-14(2-4-19(16)29(20)23(31)32-21)15-3-5-22(28-8-15)24(12-25)17-9-26-10-18(17)24/h2-6,8,17-18,20-21,26H,7,9-11H2,1H3,(H,27,30)/t17-,18+,20-,21-,24?/m0/s1. The van der Waals surface area contributed by atoms with Crippen LogP contribution in [0.15, 0.2) is 36.5 Å². The molecule has 32 heavy (non-hydrogen) atoms. The third-order valence-electron chi connectivity index (χ3n) is 7.51. The van der Waals surface area contributed by atoms with Gasteiger partial charge in [-0.05, 0) is 35.7 Å². The smallest absolute Gasteiger partial charge is 0.415 e. The first-order valence-electron chi connectivity index (χ1n) is 11.0. The number of piperidine rings is 1. The maximum atomic E-state index is 12.4.